The second-order valence-corrected chi connectivity index (χ2v) is 8.83. The van der Waals surface area contributed by atoms with Crippen LogP contribution >= 0.6 is 11.8 Å². The lowest BCUT2D eigenvalue weighted by Gasteiger charge is -2.25. The Balaban J connectivity index is 1.64. The van der Waals surface area contributed by atoms with Crippen molar-refractivity contribution >= 4 is 21.8 Å². The van der Waals surface area contributed by atoms with Crippen molar-refractivity contribution in [2.45, 2.75) is 34.9 Å². The van der Waals surface area contributed by atoms with Gasteiger partial charge in [0, 0.05) is 25.0 Å². The zero-order chi connectivity index (χ0) is 17.7. The van der Waals surface area contributed by atoms with Gasteiger partial charge in [0.2, 0.25) is 10.0 Å². The van der Waals surface area contributed by atoms with E-state index in [0.717, 1.165) is 35.6 Å². The molecule has 0 amide bonds. The molecule has 1 aliphatic rings. The fraction of sp³-hybridized carbons (Fsp3) is 0.333. The van der Waals surface area contributed by atoms with E-state index in [1.54, 1.807) is 28.6 Å². The number of piperidine rings is 1. The molecule has 130 valence electrons. The Bertz CT molecular complexity index is 851. The molecule has 0 N–H and O–H groups in total. The second kappa shape index (κ2) is 8.00. The molecule has 0 aliphatic carbocycles. The van der Waals surface area contributed by atoms with Gasteiger partial charge in [0.15, 0.2) is 0 Å². The van der Waals surface area contributed by atoms with Gasteiger partial charge < -0.3 is 0 Å². The quantitative estimate of drug-likeness (QED) is 0.751. The van der Waals surface area contributed by atoms with E-state index in [9.17, 15) is 8.42 Å². The first kappa shape index (κ1) is 17.9. The van der Waals surface area contributed by atoms with E-state index in [1.165, 1.54) is 18.0 Å². The summed E-state index contributed by atoms with van der Waals surface area (Å²) in [4.78, 5) is 4.55. The SMILES string of the molecule is N#Cc1ccc(CSc2ccc(S(=O)(=O)N3CCCCC3)cn2)cc1. The molecule has 0 unspecified atom stereocenters. The number of nitrogens with zero attached hydrogens (tertiary/aromatic N) is 3. The van der Waals surface area contributed by atoms with Gasteiger partial charge in [-0.25, -0.2) is 13.4 Å². The molecule has 3 rings (SSSR count). The number of thioether (sulfide) groups is 1. The lowest BCUT2D eigenvalue weighted by molar-refractivity contribution is 0.346. The minimum Gasteiger partial charge on any atom is -0.249 e. The molecule has 1 aliphatic heterocycles. The van der Waals surface area contributed by atoms with Crippen molar-refractivity contribution in [3.8, 4) is 6.07 Å². The van der Waals surface area contributed by atoms with E-state index in [0.29, 0.717) is 18.7 Å². The van der Waals surface area contributed by atoms with Crippen LogP contribution in [0.1, 0.15) is 30.4 Å². The van der Waals surface area contributed by atoms with E-state index < -0.39 is 10.0 Å². The molecule has 1 aromatic carbocycles. The van der Waals surface area contributed by atoms with Crippen LogP contribution in [0, 0.1) is 11.3 Å². The summed E-state index contributed by atoms with van der Waals surface area (Å²) >= 11 is 1.54. The van der Waals surface area contributed by atoms with Gasteiger partial charge in [-0.2, -0.15) is 9.57 Å². The lowest BCUT2D eigenvalue weighted by Crippen LogP contribution is -2.35. The van der Waals surface area contributed by atoms with E-state index in [-0.39, 0.29) is 4.90 Å². The maximum Gasteiger partial charge on any atom is 0.244 e. The van der Waals surface area contributed by atoms with Gasteiger partial charge in [-0.3, -0.25) is 0 Å². The van der Waals surface area contributed by atoms with Gasteiger partial charge in [0.25, 0.3) is 0 Å². The molecule has 2 aromatic rings. The van der Waals surface area contributed by atoms with Crippen molar-refractivity contribution in [1.29, 1.82) is 5.26 Å². The van der Waals surface area contributed by atoms with E-state index in [1.807, 2.05) is 12.1 Å². The highest BCUT2D eigenvalue weighted by Crippen LogP contribution is 2.24. The predicted molar refractivity (Wildman–Crippen MR) is 97.6 cm³/mol. The van der Waals surface area contributed by atoms with Crippen molar-refractivity contribution in [2.75, 3.05) is 13.1 Å². The molecule has 0 atom stereocenters. The molecule has 1 fully saturated rings. The zero-order valence-electron chi connectivity index (χ0n) is 13.8. The number of hydrogen-bond donors (Lipinski definition) is 0. The van der Waals surface area contributed by atoms with Crippen LogP contribution in [0.5, 0.6) is 0 Å². The molecular formula is C18H19N3O2S2. The summed E-state index contributed by atoms with van der Waals surface area (Å²) in [5.74, 6) is 0.719. The number of benzene rings is 1. The Morgan fingerprint density at radius 2 is 1.80 bits per heavy atom. The normalized spacial score (nSPS) is 15.6. The van der Waals surface area contributed by atoms with E-state index >= 15 is 0 Å². The summed E-state index contributed by atoms with van der Waals surface area (Å²) in [6.07, 6.45) is 4.39. The van der Waals surface area contributed by atoms with Gasteiger partial charge >= 0.3 is 0 Å². The summed E-state index contributed by atoms with van der Waals surface area (Å²) < 4.78 is 26.7. The number of aromatic nitrogens is 1. The van der Waals surface area contributed by atoms with Crippen LogP contribution in [0.3, 0.4) is 0 Å². The highest BCUT2D eigenvalue weighted by Gasteiger charge is 2.26. The largest absolute Gasteiger partial charge is 0.249 e. The van der Waals surface area contributed by atoms with Gasteiger partial charge in [-0.15, -0.1) is 11.8 Å². The maximum atomic E-state index is 12.6. The molecule has 0 spiro atoms. The highest BCUT2D eigenvalue weighted by molar-refractivity contribution is 7.98. The standard InChI is InChI=1S/C18H19N3O2S2/c19-12-15-4-6-16(7-5-15)14-24-18-9-8-17(13-20-18)25(22,23)21-10-2-1-3-11-21/h4-9,13H,1-3,10-11,14H2. The molecule has 0 radical (unpaired) electrons. The molecule has 0 saturated carbocycles. The minimum absolute atomic E-state index is 0.261. The Labute approximate surface area is 152 Å². The van der Waals surface area contributed by atoms with Crippen molar-refractivity contribution in [1.82, 2.24) is 9.29 Å². The van der Waals surface area contributed by atoms with E-state index in [2.05, 4.69) is 11.1 Å². The molecule has 7 heteroatoms. The van der Waals surface area contributed by atoms with Gasteiger partial charge in [0.05, 0.1) is 16.7 Å². The fourth-order valence-electron chi connectivity index (χ4n) is 2.69. The van der Waals surface area contributed by atoms with Crippen molar-refractivity contribution in [3.63, 3.8) is 0 Å². The van der Waals surface area contributed by atoms with Crippen LogP contribution in [-0.4, -0.2) is 30.8 Å². The molecule has 0 bridgehead atoms. The molecular weight excluding hydrogens is 354 g/mol. The van der Waals surface area contributed by atoms with Crippen LogP contribution in [0.15, 0.2) is 52.5 Å². The van der Waals surface area contributed by atoms with Crippen molar-refractivity contribution < 1.29 is 8.42 Å². The topological polar surface area (TPSA) is 74.1 Å². The minimum atomic E-state index is -3.42. The second-order valence-electron chi connectivity index (χ2n) is 5.89. The summed E-state index contributed by atoms with van der Waals surface area (Å²) in [5.41, 5.74) is 1.73. The first-order valence-electron chi connectivity index (χ1n) is 8.17. The monoisotopic (exact) mass is 373 g/mol. The third-order valence-electron chi connectivity index (χ3n) is 4.13. The Hall–Kier alpha value is -1.88. The van der Waals surface area contributed by atoms with Crippen LogP contribution in [-0.2, 0) is 15.8 Å². The van der Waals surface area contributed by atoms with Gasteiger partial charge in [-0.1, -0.05) is 18.6 Å². The average Bonchev–Trinajstić information content (AvgIpc) is 2.68. The third-order valence-corrected chi connectivity index (χ3v) is 7.03. The van der Waals surface area contributed by atoms with Gasteiger partial charge in [0.1, 0.15) is 4.90 Å². The Morgan fingerprint density at radius 3 is 2.40 bits per heavy atom. The molecule has 1 aromatic heterocycles. The lowest BCUT2D eigenvalue weighted by atomic mass is 10.2. The third kappa shape index (κ3) is 4.40. The highest BCUT2D eigenvalue weighted by atomic mass is 32.2. The maximum absolute atomic E-state index is 12.6. The van der Waals surface area contributed by atoms with Crippen molar-refractivity contribution in [2.24, 2.45) is 0 Å². The molecule has 25 heavy (non-hydrogen) atoms. The number of rotatable bonds is 5. The molecule has 2 heterocycles. The number of pyridine rings is 1. The summed E-state index contributed by atoms with van der Waals surface area (Å²) in [6, 6.07) is 12.9. The number of nitriles is 1. The van der Waals surface area contributed by atoms with Crippen LogP contribution in [0.25, 0.3) is 0 Å². The van der Waals surface area contributed by atoms with Crippen molar-refractivity contribution in [3.05, 3.63) is 53.7 Å². The van der Waals surface area contributed by atoms with Gasteiger partial charge in [-0.05, 0) is 42.7 Å². The zero-order valence-corrected chi connectivity index (χ0v) is 15.4. The summed E-state index contributed by atoms with van der Waals surface area (Å²) in [5, 5.41) is 9.58. The predicted octanol–water partition coefficient (Wildman–Crippen LogP) is 3.42. The summed E-state index contributed by atoms with van der Waals surface area (Å²) in [6.45, 7) is 1.19. The number of sulfonamides is 1. The van der Waals surface area contributed by atoms with Crippen LogP contribution < -0.4 is 0 Å². The smallest absolute Gasteiger partial charge is 0.244 e. The van der Waals surface area contributed by atoms with E-state index in [4.69, 9.17) is 5.26 Å². The Kier molecular flexibility index (Phi) is 5.74. The fourth-order valence-corrected chi connectivity index (χ4v) is 4.95. The Morgan fingerprint density at radius 1 is 1.08 bits per heavy atom. The molecule has 1 saturated heterocycles. The first-order chi connectivity index (χ1) is 12.1. The molecule has 5 nitrogen and oxygen atoms in total. The van der Waals surface area contributed by atoms with Crippen LogP contribution in [0.4, 0.5) is 0 Å². The summed E-state index contributed by atoms with van der Waals surface area (Å²) in [7, 11) is -3.42. The number of hydrogen-bond acceptors (Lipinski definition) is 5. The van der Waals surface area contributed by atoms with Crippen LogP contribution in [0.2, 0.25) is 0 Å². The average molecular weight is 374 g/mol. The first-order valence-corrected chi connectivity index (χ1v) is 10.6.